The molecule has 0 aliphatic carbocycles. The molecule has 2 atom stereocenters. The van der Waals surface area contributed by atoms with Crippen LogP contribution < -0.4 is 0 Å². The number of carbonyl (C=O) groups is 1. The smallest absolute Gasteiger partial charge is 0.304 e. The molecule has 0 aromatic carbocycles. The summed E-state index contributed by atoms with van der Waals surface area (Å²) in [4.78, 5) is 10.2. The van der Waals surface area contributed by atoms with Crippen LogP contribution in [0.3, 0.4) is 0 Å². The highest BCUT2D eigenvalue weighted by molar-refractivity contribution is 7.89. The van der Waals surface area contributed by atoms with Crippen molar-refractivity contribution in [2.24, 2.45) is 0 Å². The molecular weight excluding hydrogens is 226 g/mol. The van der Waals surface area contributed by atoms with Gasteiger partial charge in [0, 0.05) is 13.1 Å². The van der Waals surface area contributed by atoms with Crippen molar-refractivity contribution in [3.8, 4) is 0 Å². The highest BCUT2D eigenvalue weighted by Crippen LogP contribution is 2.15. The first-order valence-electron chi connectivity index (χ1n) is 4.38. The summed E-state index contributed by atoms with van der Waals surface area (Å²) in [6.07, 6.45) is -2.67. The molecule has 0 saturated carbocycles. The monoisotopic (exact) mass is 239 g/mol. The number of carboxylic acid groups (broad SMARTS) is 1. The van der Waals surface area contributed by atoms with Gasteiger partial charge in [0.2, 0.25) is 10.0 Å². The number of nitrogens with zero attached hydrogens (tertiary/aromatic N) is 1. The quantitative estimate of drug-likeness (QED) is 0.514. The zero-order valence-corrected chi connectivity index (χ0v) is 8.72. The van der Waals surface area contributed by atoms with Gasteiger partial charge >= 0.3 is 5.97 Å². The normalized spacial score (nSPS) is 28.1. The topological polar surface area (TPSA) is 115 Å². The van der Waals surface area contributed by atoms with Crippen molar-refractivity contribution in [2.45, 2.75) is 18.6 Å². The Balaban J connectivity index is 2.59. The van der Waals surface area contributed by atoms with Crippen LogP contribution in [0.15, 0.2) is 0 Å². The van der Waals surface area contributed by atoms with E-state index in [9.17, 15) is 13.2 Å². The fourth-order valence-electron chi connectivity index (χ4n) is 1.31. The van der Waals surface area contributed by atoms with Crippen LogP contribution in [0.5, 0.6) is 0 Å². The molecule has 88 valence electrons. The second-order valence-electron chi connectivity index (χ2n) is 3.41. The molecule has 0 aromatic heterocycles. The summed E-state index contributed by atoms with van der Waals surface area (Å²) in [5.74, 6) is -1.71. The van der Waals surface area contributed by atoms with Gasteiger partial charge in [-0.15, -0.1) is 0 Å². The summed E-state index contributed by atoms with van der Waals surface area (Å²) in [5.41, 5.74) is 0. The Kier molecular flexibility index (Phi) is 3.66. The summed E-state index contributed by atoms with van der Waals surface area (Å²) in [6.45, 7) is -0.355. The van der Waals surface area contributed by atoms with Crippen molar-refractivity contribution in [1.29, 1.82) is 0 Å². The highest BCUT2D eigenvalue weighted by atomic mass is 32.2. The van der Waals surface area contributed by atoms with Gasteiger partial charge in [-0.1, -0.05) is 0 Å². The van der Waals surface area contributed by atoms with Crippen molar-refractivity contribution in [3.63, 3.8) is 0 Å². The molecule has 3 N–H and O–H groups in total. The van der Waals surface area contributed by atoms with Gasteiger partial charge in [0.25, 0.3) is 0 Å². The van der Waals surface area contributed by atoms with Crippen LogP contribution in [0.1, 0.15) is 6.42 Å². The third kappa shape index (κ3) is 3.13. The second kappa shape index (κ2) is 4.44. The molecule has 0 radical (unpaired) electrons. The largest absolute Gasteiger partial charge is 0.481 e. The fourth-order valence-corrected chi connectivity index (χ4v) is 2.76. The van der Waals surface area contributed by atoms with E-state index in [-0.39, 0.29) is 13.1 Å². The third-order valence-corrected chi connectivity index (χ3v) is 4.00. The van der Waals surface area contributed by atoms with Gasteiger partial charge in [-0.05, 0) is 0 Å². The van der Waals surface area contributed by atoms with Gasteiger partial charge in [0.1, 0.15) is 0 Å². The molecule has 1 aliphatic heterocycles. The zero-order valence-electron chi connectivity index (χ0n) is 7.90. The molecule has 0 bridgehead atoms. The van der Waals surface area contributed by atoms with E-state index in [0.29, 0.717) is 0 Å². The Labute approximate surface area is 87.0 Å². The van der Waals surface area contributed by atoms with Crippen LogP contribution in [0, 0.1) is 0 Å². The lowest BCUT2D eigenvalue weighted by Crippen LogP contribution is -2.32. The average Bonchev–Trinajstić information content (AvgIpc) is 2.45. The number of aliphatic hydroxyl groups is 2. The summed E-state index contributed by atoms with van der Waals surface area (Å²) in [5, 5.41) is 26.6. The summed E-state index contributed by atoms with van der Waals surface area (Å²) in [6, 6.07) is 0. The number of aliphatic hydroxyl groups excluding tert-OH is 2. The van der Waals surface area contributed by atoms with E-state index in [2.05, 4.69) is 0 Å². The Morgan fingerprint density at radius 2 is 1.73 bits per heavy atom. The van der Waals surface area contributed by atoms with Crippen LogP contribution in [0.4, 0.5) is 0 Å². The van der Waals surface area contributed by atoms with Gasteiger partial charge in [-0.2, -0.15) is 4.31 Å². The number of carboxylic acids is 1. The average molecular weight is 239 g/mol. The predicted molar refractivity (Wildman–Crippen MR) is 49.6 cm³/mol. The molecule has 0 unspecified atom stereocenters. The summed E-state index contributed by atoms with van der Waals surface area (Å²) < 4.78 is 23.8. The minimum Gasteiger partial charge on any atom is -0.481 e. The Morgan fingerprint density at radius 3 is 2.13 bits per heavy atom. The van der Waals surface area contributed by atoms with Crippen molar-refractivity contribution in [2.75, 3.05) is 18.8 Å². The number of rotatable bonds is 4. The molecule has 1 fully saturated rings. The van der Waals surface area contributed by atoms with Crippen molar-refractivity contribution < 1.29 is 28.5 Å². The number of hydrogen-bond donors (Lipinski definition) is 3. The van der Waals surface area contributed by atoms with Crippen LogP contribution in [-0.2, 0) is 14.8 Å². The Morgan fingerprint density at radius 1 is 1.27 bits per heavy atom. The molecule has 1 aliphatic rings. The molecule has 1 heterocycles. The maximum absolute atomic E-state index is 11.5. The van der Waals surface area contributed by atoms with Gasteiger partial charge in [-0.25, -0.2) is 8.42 Å². The summed E-state index contributed by atoms with van der Waals surface area (Å²) in [7, 11) is -3.69. The standard InChI is InChI=1S/C7H13NO6S/c9-5-3-8(4-6(5)10)15(13,14)2-1-7(11)12/h5-6,9-10H,1-4H2,(H,11,12)/t5-,6+. The lowest BCUT2D eigenvalue weighted by atomic mass is 10.3. The lowest BCUT2D eigenvalue weighted by molar-refractivity contribution is -0.136. The van der Waals surface area contributed by atoms with Gasteiger partial charge < -0.3 is 15.3 Å². The molecule has 0 aromatic rings. The fraction of sp³-hybridized carbons (Fsp3) is 0.857. The number of β-amino-alcohol motifs (C(OH)–C–C–N with tert-alkyl or cyclic N) is 2. The molecule has 7 nitrogen and oxygen atoms in total. The van der Waals surface area contributed by atoms with Crippen molar-refractivity contribution in [3.05, 3.63) is 0 Å². The van der Waals surface area contributed by atoms with E-state index in [4.69, 9.17) is 15.3 Å². The van der Waals surface area contributed by atoms with E-state index < -0.39 is 40.4 Å². The van der Waals surface area contributed by atoms with Crippen LogP contribution in [0.2, 0.25) is 0 Å². The van der Waals surface area contributed by atoms with Gasteiger partial charge in [0.15, 0.2) is 0 Å². The second-order valence-corrected chi connectivity index (χ2v) is 5.50. The zero-order chi connectivity index (χ0) is 11.6. The lowest BCUT2D eigenvalue weighted by Gasteiger charge is -2.14. The molecule has 0 spiro atoms. The van der Waals surface area contributed by atoms with Crippen molar-refractivity contribution >= 4 is 16.0 Å². The number of aliphatic carboxylic acids is 1. The van der Waals surface area contributed by atoms with Gasteiger partial charge in [0.05, 0.1) is 24.4 Å². The molecular formula is C7H13NO6S. The Hall–Kier alpha value is -0.700. The van der Waals surface area contributed by atoms with Crippen LogP contribution in [-0.4, -0.2) is 65.1 Å². The van der Waals surface area contributed by atoms with E-state index in [1.165, 1.54) is 0 Å². The van der Waals surface area contributed by atoms with E-state index >= 15 is 0 Å². The van der Waals surface area contributed by atoms with E-state index in [1.807, 2.05) is 0 Å². The maximum atomic E-state index is 11.5. The molecule has 8 heteroatoms. The molecule has 1 rings (SSSR count). The highest BCUT2D eigenvalue weighted by Gasteiger charge is 2.36. The summed E-state index contributed by atoms with van der Waals surface area (Å²) >= 11 is 0. The predicted octanol–water partition coefficient (Wildman–Crippen LogP) is -2.17. The first-order chi connectivity index (χ1) is 6.83. The molecule has 1 saturated heterocycles. The SMILES string of the molecule is O=C(O)CCS(=O)(=O)N1C[C@@H](O)[C@@H](O)C1. The van der Waals surface area contributed by atoms with E-state index in [0.717, 1.165) is 4.31 Å². The van der Waals surface area contributed by atoms with Gasteiger partial charge in [-0.3, -0.25) is 4.79 Å². The first kappa shape index (κ1) is 12.4. The van der Waals surface area contributed by atoms with E-state index in [1.54, 1.807) is 0 Å². The van der Waals surface area contributed by atoms with Crippen LogP contribution >= 0.6 is 0 Å². The molecule has 0 amide bonds. The van der Waals surface area contributed by atoms with Crippen molar-refractivity contribution in [1.82, 2.24) is 4.31 Å². The maximum Gasteiger partial charge on any atom is 0.304 e. The Bertz CT molecular complexity index is 329. The minimum absolute atomic E-state index is 0.177. The molecule has 15 heavy (non-hydrogen) atoms. The number of sulfonamides is 1. The third-order valence-electron chi connectivity index (χ3n) is 2.19. The first-order valence-corrected chi connectivity index (χ1v) is 5.99. The van der Waals surface area contributed by atoms with Crippen LogP contribution in [0.25, 0.3) is 0 Å². The minimum atomic E-state index is -3.69. The number of hydrogen-bond acceptors (Lipinski definition) is 5.